The van der Waals surface area contributed by atoms with Crippen LogP contribution in [0.5, 0.6) is 0 Å². The molecule has 2 N–H and O–H groups in total. The maximum Gasteiger partial charge on any atom is 0.359 e. The lowest BCUT2D eigenvalue weighted by atomic mass is 10.1. The molecular weight excluding hydrogens is 332 g/mol. The first-order valence-electron chi connectivity index (χ1n) is 7.46. The van der Waals surface area contributed by atoms with Gasteiger partial charge in [0.15, 0.2) is 0 Å². The molecule has 1 fully saturated rings. The highest BCUT2D eigenvalue weighted by Gasteiger charge is 2.59. The minimum absolute atomic E-state index is 0.151. The number of rotatable bonds is 5. The van der Waals surface area contributed by atoms with Crippen molar-refractivity contribution >= 4 is 23.6 Å². The van der Waals surface area contributed by atoms with Crippen molar-refractivity contribution in [1.82, 2.24) is 5.32 Å². The first-order valence-corrected chi connectivity index (χ1v) is 7.46. The molecular formula is C16H20N2O7. The fourth-order valence-electron chi connectivity index (χ4n) is 2.79. The van der Waals surface area contributed by atoms with Crippen LogP contribution in [0.25, 0.3) is 0 Å². The molecule has 0 spiro atoms. The molecule has 2 rings (SSSR count). The third kappa shape index (κ3) is 3.15. The van der Waals surface area contributed by atoms with Gasteiger partial charge in [0, 0.05) is 12.2 Å². The summed E-state index contributed by atoms with van der Waals surface area (Å²) in [6, 6.07) is 5.58. The van der Waals surface area contributed by atoms with Crippen molar-refractivity contribution in [1.29, 1.82) is 0 Å². The number of hydrogen-bond acceptors (Lipinski definition) is 9. The maximum absolute atomic E-state index is 12.4. The van der Waals surface area contributed by atoms with E-state index in [4.69, 9.17) is 9.47 Å². The minimum Gasteiger partial charge on any atom is -0.466 e. The first-order chi connectivity index (χ1) is 11.9. The summed E-state index contributed by atoms with van der Waals surface area (Å²) in [6.45, 7) is -0.148. The predicted octanol–water partition coefficient (Wildman–Crippen LogP) is -0.714. The van der Waals surface area contributed by atoms with Gasteiger partial charge in [0.2, 0.25) is 0 Å². The largest absolute Gasteiger partial charge is 0.466 e. The average Bonchev–Trinajstić information content (AvgIpc) is 3.07. The number of nitrogens with zero attached hydrogens (tertiary/aromatic N) is 1. The fraction of sp³-hybridized carbons (Fsp3) is 0.438. The van der Waals surface area contributed by atoms with Crippen molar-refractivity contribution in [2.45, 2.75) is 11.7 Å². The maximum atomic E-state index is 12.4. The van der Waals surface area contributed by atoms with Gasteiger partial charge in [-0.15, -0.1) is 0 Å². The van der Waals surface area contributed by atoms with Crippen LogP contribution in [-0.4, -0.2) is 69.2 Å². The van der Waals surface area contributed by atoms with E-state index in [2.05, 4.69) is 10.1 Å². The zero-order valence-electron chi connectivity index (χ0n) is 14.1. The van der Waals surface area contributed by atoms with Gasteiger partial charge in [-0.1, -0.05) is 0 Å². The number of benzene rings is 1. The van der Waals surface area contributed by atoms with Gasteiger partial charge in [0.1, 0.15) is 0 Å². The standard InChI is InChI=1S/C16H20N2O7/c1-23-13(20)10-4-6-12(7-5-10)18-8-11(9-19)17-16(18,14(21)24-2)15(22)25-3/h4-7,11,17,19H,8-9H2,1-3H3. The van der Waals surface area contributed by atoms with Crippen molar-refractivity contribution in [3.8, 4) is 0 Å². The highest BCUT2D eigenvalue weighted by molar-refractivity contribution is 6.08. The number of ether oxygens (including phenoxy) is 3. The Morgan fingerprint density at radius 2 is 1.68 bits per heavy atom. The Morgan fingerprint density at radius 3 is 2.12 bits per heavy atom. The molecule has 0 aromatic heterocycles. The average molecular weight is 352 g/mol. The second-order valence-corrected chi connectivity index (χ2v) is 5.37. The summed E-state index contributed by atoms with van der Waals surface area (Å²) >= 11 is 0. The zero-order chi connectivity index (χ0) is 18.6. The van der Waals surface area contributed by atoms with Crippen molar-refractivity contribution < 1.29 is 33.7 Å². The Morgan fingerprint density at radius 1 is 1.12 bits per heavy atom. The Balaban J connectivity index is 2.49. The van der Waals surface area contributed by atoms with Crippen LogP contribution in [-0.2, 0) is 23.8 Å². The van der Waals surface area contributed by atoms with Crippen molar-refractivity contribution in [2.75, 3.05) is 39.4 Å². The van der Waals surface area contributed by atoms with Crippen LogP contribution in [0.4, 0.5) is 5.69 Å². The predicted molar refractivity (Wildman–Crippen MR) is 85.9 cm³/mol. The van der Waals surface area contributed by atoms with Crippen LogP contribution in [0.3, 0.4) is 0 Å². The smallest absolute Gasteiger partial charge is 0.359 e. The molecule has 1 heterocycles. The van der Waals surface area contributed by atoms with Crippen molar-refractivity contribution in [3.63, 3.8) is 0 Å². The summed E-state index contributed by atoms with van der Waals surface area (Å²) in [5, 5.41) is 12.3. The van der Waals surface area contributed by atoms with E-state index in [-0.39, 0.29) is 13.2 Å². The molecule has 1 saturated heterocycles. The summed E-state index contributed by atoms with van der Waals surface area (Å²) in [5.74, 6) is -2.24. The number of methoxy groups -OCH3 is 3. The zero-order valence-corrected chi connectivity index (χ0v) is 14.1. The van der Waals surface area contributed by atoms with E-state index in [1.165, 1.54) is 24.1 Å². The Labute approximate surface area is 144 Å². The summed E-state index contributed by atoms with van der Waals surface area (Å²) in [6.07, 6.45) is 0. The summed E-state index contributed by atoms with van der Waals surface area (Å²) in [7, 11) is 3.57. The number of aliphatic hydroxyl groups excluding tert-OH is 1. The lowest BCUT2D eigenvalue weighted by molar-refractivity contribution is -0.162. The van der Waals surface area contributed by atoms with Gasteiger partial charge in [-0.3, -0.25) is 5.32 Å². The number of esters is 3. The highest BCUT2D eigenvalue weighted by atomic mass is 16.6. The van der Waals surface area contributed by atoms with Crippen LogP contribution in [0.15, 0.2) is 24.3 Å². The van der Waals surface area contributed by atoms with E-state index >= 15 is 0 Å². The Bertz CT molecular complexity index is 643. The topological polar surface area (TPSA) is 114 Å². The number of hydrogen-bond donors (Lipinski definition) is 2. The molecule has 9 nitrogen and oxygen atoms in total. The fourth-order valence-corrected chi connectivity index (χ4v) is 2.79. The molecule has 25 heavy (non-hydrogen) atoms. The number of carbonyl (C=O) groups is 3. The minimum atomic E-state index is -1.93. The summed E-state index contributed by atoms with van der Waals surface area (Å²) in [5.41, 5.74) is -1.14. The lowest BCUT2D eigenvalue weighted by Crippen LogP contribution is -2.65. The molecule has 1 aromatic rings. The third-order valence-electron chi connectivity index (χ3n) is 4.00. The van der Waals surface area contributed by atoms with Gasteiger partial charge in [-0.2, -0.15) is 0 Å². The second-order valence-electron chi connectivity index (χ2n) is 5.37. The highest BCUT2D eigenvalue weighted by Crippen LogP contribution is 2.30. The van der Waals surface area contributed by atoms with E-state index in [9.17, 15) is 19.5 Å². The summed E-state index contributed by atoms with van der Waals surface area (Å²) in [4.78, 5) is 37.8. The molecule has 1 atom stereocenters. The normalized spacial score (nSPS) is 18.6. The first kappa shape index (κ1) is 18.7. The van der Waals surface area contributed by atoms with Crippen molar-refractivity contribution in [2.24, 2.45) is 0 Å². The van der Waals surface area contributed by atoms with Crippen LogP contribution < -0.4 is 10.2 Å². The lowest BCUT2D eigenvalue weighted by Gasteiger charge is -2.34. The quantitative estimate of drug-likeness (QED) is 0.403. The Hall–Kier alpha value is -2.65. The van der Waals surface area contributed by atoms with Crippen LogP contribution in [0.2, 0.25) is 0 Å². The third-order valence-corrected chi connectivity index (χ3v) is 4.00. The van der Waals surface area contributed by atoms with E-state index in [1.54, 1.807) is 12.1 Å². The molecule has 0 radical (unpaired) electrons. The molecule has 0 saturated carbocycles. The van der Waals surface area contributed by atoms with Gasteiger partial charge in [-0.05, 0) is 24.3 Å². The summed E-state index contributed by atoms with van der Waals surface area (Å²) < 4.78 is 14.2. The molecule has 1 aromatic carbocycles. The monoisotopic (exact) mass is 352 g/mol. The van der Waals surface area contributed by atoms with Gasteiger partial charge in [0.05, 0.1) is 39.5 Å². The molecule has 0 amide bonds. The number of carbonyl (C=O) groups excluding carboxylic acids is 3. The van der Waals surface area contributed by atoms with Gasteiger partial charge >= 0.3 is 17.9 Å². The van der Waals surface area contributed by atoms with Gasteiger partial charge in [0.25, 0.3) is 5.66 Å². The van der Waals surface area contributed by atoms with E-state index in [1.807, 2.05) is 0 Å². The number of aliphatic hydroxyl groups is 1. The van der Waals surface area contributed by atoms with Crippen LogP contribution >= 0.6 is 0 Å². The molecule has 1 aliphatic rings. The van der Waals surface area contributed by atoms with E-state index in [0.29, 0.717) is 11.3 Å². The number of nitrogens with one attached hydrogen (secondary N) is 1. The van der Waals surface area contributed by atoms with E-state index in [0.717, 1.165) is 14.2 Å². The molecule has 1 unspecified atom stereocenters. The van der Waals surface area contributed by atoms with Crippen LogP contribution in [0, 0.1) is 0 Å². The molecule has 0 bridgehead atoms. The Kier molecular flexibility index (Phi) is 5.60. The second kappa shape index (κ2) is 7.49. The molecule has 1 aliphatic heterocycles. The van der Waals surface area contributed by atoms with E-state index < -0.39 is 29.6 Å². The number of anilines is 1. The van der Waals surface area contributed by atoms with Crippen LogP contribution in [0.1, 0.15) is 10.4 Å². The molecule has 0 aliphatic carbocycles. The van der Waals surface area contributed by atoms with Gasteiger partial charge < -0.3 is 24.2 Å². The molecule has 136 valence electrons. The SMILES string of the molecule is COC(=O)c1ccc(N2CC(CO)NC2(C(=O)OC)C(=O)OC)cc1. The van der Waals surface area contributed by atoms with Crippen molar-refractivity contribution in [3.05, 3.63) is 29.8 Å². The van der Waals surface area contributed by atoms with Gasteiger partial charge in [-0.25, -0.2) is 14.4 Å². The molecule has 9 heteroatoms.